The van der Waals surface area contributed by atoms with Crippen LogP contribution in [0.15, 0.2) is 29.5 Å². The summed E-state index contributed by atoms with van der Waals surface area (Å²) in [7, 11) is 0. The Kier molecular flexibility index (Phi) is 6.32. The summed E-state index contributed by atoms with van der Waals surface area (Å²) in [6, 6.07) is 0. The van der Waals surface area contributed by atoms with Gasteiger partial charge in [-0.2, -0.15) is 0 Å². The second-order valence-electron chi connectivity index (χ2n) is 4.64. The Morgan fingerprint density at radius 1 is 1.29 bits per heavy atom. The van der Waals surface area contributed by atoms with Gasteiger partial charge in [-0.15, -0.1) is 5.73 Å². The molecule has 0 nitrogen and oxygen atoms in total. The molecule has 0 aromatic rings. The summed E-state index contributed by atoms with van der Waals surface area (Å²) in [6.45, 7) is 10.9. The summed E-state index contributed by atoms with van der Waals surface area (Å²) >= 11 is 0. The van der Waals surface area contributed by atoms with Crippen LogP contribution in [0.25, 0.3) is 0 Å². The SMILES string of the molecule is CC=C=C(/C=C/CCCC)C(C)(C)C. The van der Waals surface area contributed by atoms with Crippen LogP contribution in [-0.4, -0.2) is 0 Å². The molecule has 0 aliphatic rings. The molecule has 0 aliphatic heterocycles. The summed E-state index contributed by atoms with van der Waals surface area (Å²) in [6.07, 6.45) is 10.2. The van der Waals surface area contributed by atoms with E-state index in [1.165, 1.54) is 24.8 Å². The Morgan fingerprint density at radius 2 is 1.93 bits per heavy atom. The predicted molar refractivity (Wildman–Crippen MR) is 65.4 cm³/mol. The molecule has 0 atom stereocenters. The van der Waals surface area contributed by atoms with Crippen LogP contribution in [0.3, 0.4) is 0 Å². The molecule has 0 unspecified atom stereocenters. The van der Waals surface area contributed by atoms with Crippen molar-refractivity contribution in [2.24, 2.45) is 5.41 Å². The first-order valence-electron chi connectivity index (χ1n) is 5.60. The van der Waals surface area contributed by atoms with Gasteiger partial charge in [0.25, 0.3) is 0 Å². The Morgan fingerprint density at radius 3 is 2.36 bits per heavy atom. The maximum Gasteiger partial charge on any atom is -0.00134 e. The van der Waals surface area contributed by atoms with Crippen LogP contribution in [0.1, 0.15) is 53.9 Å². The van der Waals surface area contributed by atoms with E-state index in [2.05, 4.69) is 45.6 Å². The molecule has 0 spiro atoms. The van der Waals surface area contributed by atoms with Gasteiger partial charge >= 0.3 is 0 Å². The fourth-order valence-corrected chi connectivity index (χ4v) is 1.19. The average Bonchev–Trinajstić information content (AvgIpc) is 2.08. The lowest BCUT2D eigenvalue weighted by molar-refractivity contribution is 0.517. The minimum Gasteiger partial charge on any atom is -0.121 e. The molecular weight excluding hydrogens is 168 g/mol. The van der Waals surface area contributed by atoms with Gasteiger partial charge in [-0.25, -0.2) is 0 Å². The van der Waals surface area contributed by atoms with Crippen LogP contribution in [0.5, 0.6) is 0 Å². The van der Waals surface area contributed by atoms with E-state index >= 15 is 0 Å². The normalized spacial score (nSPS) is 11.5. The fourth-order valence-electron chi connectivity index (χ4n) is 1.19. The first-order chi connectivity index (χ1) is 6.52. The van der Waals surface area contributed by atoms with Gasteiger partial charge in [0.05, 0.1) is 0 Å². The molecular formula is C14H24. The quantitative estimate of drug-likeness (QED) is 0.338. The summed E-state index contributed by atoms with van der Waals surface area (Å²) in [5, 5.41) is 0. The van der Waals surface area contributed by atoms with Gasteiger partial charge in [0.2, 0.25) is 0 Å². The zero-order valence-corrected chi connectivity index (χ0v) is 10.4. The maximum absolute atomic E-state index is 3.30. The number of rotatable bonds is 4. The average molecular weight is 192 g/mol. The van der Waals surface area contributed by atoms with Gasteiger partial charge in [0.1, 0.15) is 0 Å². The molecule has 0 heterocycles. The molecule has 0 rings (SSSR count). The predicted octanol–water partition coefficient (Wildman–Crippen LogP) is 4.88. The van der Waals surface area contributed by atoms with E-state index in [0.29, 0.717) is 0 Å². The lowest BCUT2D eigenvalue weighted by atomic mass is 9.86. The highest BCUT2D eigenvalue weighted by atomic mass is 14.2. The van der Waals surface area contributed by atoms with Crippen molar-refractivity contribution in [2.75, 3.05) is 0 Å². The van der Waals surface area contributed by atoms with E-state index in [-0.39, 0.29) is 5.41 Å². The van der Waals surface area contributed by atoms with Crippen LogP contribution in [0.4, 0.5) is 0 Å². The van der Waals surface area contributed by atoms with Gasteiger partial charge in [-0.1, -0.05) is 52.7 Å². The van der Waals surface area contributed by atoms with Crippen molar-refractivity contribution < 1.29 is 0 Å². The third kappa shape index (κ3) is 5.83. The van der Waals surface area contributed by atoms with Gasteiger partial charge < -0.3 is 0 Å². The molecule has 0 fully saturated rings. The molecule has 0 N–H and O–H groups in total. The smallest absolute Gasteiger partial charge is 0.00134 e. The van der Waals surface area contributed by atoms with E-state index < -0.39 is 0 Å². The van der Waals surface area contributed by atoms with Crippen LogP contribution in [0, 0.1) is 5.41 Å². The molecule has 0 radical (unpaired) electrons. The highest BCUT2D eigenvalue weighted by Crippen LogP contribution is 2.25. The number of hydrogen-bond donors (Lipinski definition) is 0. The largest absolute Gasteiger partial charge is 0.121 e. The minimum atomic E-state index is 0.204. The standard InChI is InChI=1S/C14H24/c1-6-8-9-10-12-13(11-7-2)14(3,4)5/h7,10,12H,6,8-9H2,1-5H3/b12-10+. The second-order valence-corrected chi connectivity index (χ2v) is 4.64. The van der Waals surface area contributed by atoms with Gasteiger partial charge in [-0.05, 0) is 30.4 Å². The van der Waals surface area contributed by atoms with Gasteiger partial charge in [0.15, 0.2) is 0 Å². The molecule has 80 valence electrons. The van der Waals surface area contributed by atoms with Crippen LogP contribution >= 0.6 is 0 Å². The van der Waals surface area contributed by atoms with Crippen molar-refractivity contribution in [3.8, 4) is 0 Å². The van der Waals surface area contributed by atoms with E-state index in [1.807, 2.05) is 13.0 Å². The van der Waals surface area contributed by atoms with E-state index in [4.69, 9.17) is 0 Å². The van der Waals surface area contributed by atoms with Gasteiger partial charge in [-0.3, -0.25) is 0 Å². The molecule has 0 saturated heterocycles. The molecule has 0 aromatic carbocycles. The third-order valence-corrected chi connectivity index (χ3v) is 2.12. The first kappa shape index (κ1) is 13.3. The van der Waals surface area contributed by atoms with Gasteiger partial charge in [0, 0.05) is 0 Å². The third-order valence-electron chi connectivity index (χ3n) is 2.12. The van der Waals surface area contributed by atoms with Crippen molar-refractivity contribution in [2.45, 2.75) is 53.9 Å². The lowest BCUT2D eigenvalue weighted by Crippen LogP contribution is -2.06. The number of hydrogen-bond acceptors (Lipinski definition) is 0. The molecule has 0 aliphatic carbocycles. The highest BCUT2D eigenvalue weighted by Gasteiger charge is 2.13. The summed E-state index contributed by atoms with van der Waals surface area (Å²) in [5.41, 5.74) is 4.80. The monoisotopic (exact) mass is 192 g/mol. The van der Waals surface area contributed by atoms with E-state index in [1.54, 1.807) is 0 Å². The summed E-state index contributed by atoms with van der Waals surface area (Å²) < 4.78 is 0. The lowest BCUT2D eigenvalue weighted by Gasteiger charge is -2.17. The molecule has 14 heavy (non-hydrogen) atoms. The molecule has 0 saturated carbocycles. The molecule has 0 heteroatoms. The zero-order chi connectivity index (χ0) is 11.0. The Balaban J connectivity index is 4.42. The van der Waals surface area contributed by atoms with Crippen molar-refractivity contribution in [3.05, 3.63) is 29.5 Å². The summed E-state index contributed by atoms with van der Waals surface area (Å²) in [5.74, 6) is 0. The molecule has 0 amide bonds. The van der Waals surface area contributed by atoms with Crippen molar-refractivity contribution >= 4 is 0 Å². The number of allylic oxidation sites excluding steroid dienone is 3. The van der Waals surface area contributed by atoms with E-state index in [9.17, 15) is 0 Å². The Bertz CT molecular complexity index is 229. The van der Waals surface area contributed by atoms with Crippen molar-refractivity contribution in [1.82, 2.24) is 0 Å². The topological polar surface area (TPSA) is 0 Å². The fraction of sp³-hybridized carbons (Fsp3) is 0.643. The van der Waals surface area contributed by atoms with Crippen LogP contribution in [-0.2, 0) is 0 Å². The van der Waals surface area contributed by atoms with Crippen molar-refractivity contribution in [1.29, 1.82) is 0 Å². The zero-order valence-electron chi connectivity index (χ0n) is 10.4. The highest BCUT2D eigenvalue weighted by molar-refractivity contribution is 5.23. The maximum atomic E-state index is 3.30. The van der Waals surface area contributed by atoms with Crippen LogP contribution in [0.2, 0.25) is 0 Å². The molecule has 0 bridgehead atoms. The molecule has 0 aromatic heterocycles. The minimum absolute atomic E-state index is 0.204. The Labute approximate surface area is 89.4 Å². The Hall–Kier alpha value is -0.740. The van der Waals surface area contributed by atoms with Crippen LogP contribution < -0.4 is 0 Å². The number of unbranched alkanes of at least 4 members (excludes halogenated alkanes) is 2. The van der Waals surface area contributed by atoms with Crippen molar-refractivity contribution in [3.63, 3.8) is 0 Å². The van der Waals surface area contributed by atoms with E-state index in [0.717, 1.165) is 0 Å². The second kappa shape index (κ2) is 6.68. The first-order valence-corrected chi connectivity index (χ1v) is 5.60. The summed E-state index contributed by atoms with van der Waals surface area (Å²) in [4.78, 5) is 0.